The van der Waals surface area contributed by atoms with Crippen molar-refractivity contribution >= 4 is 23.8 Å². The van der Waals surface area contributed by atoms with Gasteiger partial charge in [0.2, 0.25) is 17.7 Å². The Kier molecular flexibility index (Phi) is 10.9. The highest BCUT2D eigenvalue weighted by Gasteiger charge is 2.42. The molecule has 4 N–H and O–H groups in total. The van der Waals surface area contributed by atoms with E-state index in [1.165, 1.54) is 4.90 Å². The SMILES string of the molecule is Cc1cccc(C(C(=O)NCc2ccccc2)N(C(=O)C(CCC(N)=O)NC(=O)OC(C)(C)C)C(C)(C)C)c1C. The highest BCUT2D eigenvalue weighted by Crippen LogP contribution is 2.33. The Morgan fingerprint density at radius 3 is 2.10 bits per heavy atom. The fourth-order valence-corrected chi connectivity index (χ4v) is 4.36. The van der Waals surface area contributed by atoms with Crippen LogP contribution < -0.4 is 16.4 Å². The van der Waals surface area contributed by atoms with Gasteiger partial charge in [-0.15, -0.1) is 0 Å². The van der Waals surface area contributed by atoms with Gasteiger partial charge in [0.15, 0.2) is 0 Å². The monoisotopic (exact) mass is 552 g/mol. The van der Waals surface area contributed by atoms with Crippen LogP contribution in [0, 0.1) is 13.8 Å². The maximum absolute atomic E-state index is 14.3. The molecule has 2 unspecified atom stereocenters. The smallest absolute Gasteiger partial charge is 0.408 e. The fourth-order valence-electron chi connectivity index (χ4n) is 4.36. The zero-order chi connectivity index (χ0) is 30.3. The molecular weight excluding hydrogens is 508 g/mol. The van der Waals surface area contributed by atoms with Crippen LogP contribution in [-0.2, 0) is 25.7 Å². The van der Waals surface area contributed by atoms with E-state index in [1.54, 1.807) is 20.8 Å². The number of primary amides is 1. The molecule has 0 spiro atoms. The summed E-state index contributed by atoms with van der Waals surface area (Å²) in [6, 6.07) is 12.9. The molecule has 4 amide bonds. The van der Waals surface area contributed by atoms with Crippen molar-refractivity contribution in [3.8, 4) is 0 Å². The van der Waals surface area contributed by atoms with E-state index < -0.39 is 41.1 Å². The van der Waals surface area contributed by atoms with E-state index in [1.807, 2.05) is 83.1 Å². The van der Waals surface area contributed by atoms with E-state index in [4.69, 9.17) is 10.5 Å². The summed E-state index contributed by atoms with van der Waals surface area (Å²) in [7, 11) is 0. The zero-order valence-corrected chi connectivity index (χ0v) is 25.0. The van der Waals surface area contributed by atoms with Crippen molar-refractivity contribution in [3.05, 3.63) is 70.8 Å². The molecule has 2 atom stereocenters. The third kappa shape index (κ3) is 9.39. The minimum absolute atomic E-state index is 0.0505. The quantitative estimate of drug-likeness (QED) is 0.401. The molecule has 0 saturated carbocycles. The van der Waals surface area contributed by atoms with E-state index in [-0.39, 0.29) is 25.3 Å². The summed E-state index contributed by atoms with van der Waals surface area (Å²) in [5.74, 6) is -1.51. The number of ether oxygens (including phenoxy) is 1. The number of aryl methyl sites for hydroxylation is 1. The number of nitrogens with zero attached hydrogens (tertiary/aromatic N) is 1. The predicted octanol–water partition coefficient (Wildman–Crippen LogP) is 4.45. The summed E-state index contributed by atoms with van der Waals surface area (Å²) < 4.78 is 5.39. The van der Waals surface area contributed by atoms with Gasteiger partial charge in [0, 0.05) is 18.5 Å². The minimum atomic E-state index is -1.16. The van der Waals surface area contributed by atoms with Crippen LogP contribution in [0.15, 0.2) is 48.5 Å². The second kappa shape index (κ2) is 13.5. The van der Waals surface area contributed by atoms with Gasteiger partial charge in [-0.05, 0) is 84.1 Å². The Hall–Kier alpha value is -3.88. The Labute approximate surface area is 237 Å². The first kappa shape index (κ1) is 32.3. The van der Waals surface area contributed by atoms with Crippen molar-refractivity contribution in [2.24, 2.45) is 5.73 Å². The first-order valence-electron chi connectivity index (χ1n) is 13.5. The van der Waals surface area contributed by atoms with Gasteiger partial charge >= 0.3 is 6.09 Å². The average molecular weight is 553 g/mol. The van der Waals surface area contributed by atoms with E-state index in [0.29, 0.717) is 5.56 Å². The molecule has 0 aliphatic rings. The van der Waals surface area contributed by atoms with Crippen LogP contribution in [0.4, 0.5) is 4.79 Å². The van der Waals surface area contributed by atoms with Crippen LogP contribution in [0.1, 0.15) is 82.7 Å². The number of benzene rings is 2. The van der Waals surface area contributed by atoms with Gasteiger partial charge < -0.3 is 26.0 Å². The lowest BCUT2D eigenvalue weighted by atomic mass is 9.91. The molecule has 40 heavy (non-hydrogen) atoms. The molecule has 2 aromatic rings. The lowest BCUT2D eigenvalue weighted by Crippen LogP contribution is -2.58. The van der Waals surface area contributed by atoms with E-state index in [2.05, 4.69) is 10.6 Å². The third-order valence-electron chi connectivity index (χ3n) is 6.39. The molecule has 9 heteroatoms. The van der Waals surface area contributed by atoms with Gasteiger partial charge in [-0.25, -0.2) is 4.79 Å². The van der Waals surface area contributed by atoms with Crippen molar-refractivity contribution in [1.82, 2.24) is 15.5 Å². The van der Waals surface area contributed by atoms with Crippen molar-refractivity contribution in [3.63, 3.8) is 0 Å². The molecule has 0 fully saturated rings. The number of hydrogen-bond acceptors (Lipinski definition) is 5. The van der Waals surface area contributed by atoms with Crippen LogP contribution in [0.2, 0.25) is 0 Å². The van der Waals surface area contributed by atoms with Crippen LogP contribution in [-0.4, -0.2) is 45.9 Å². The minimum Gasteiger partial charge on any atom is -0.444 e. The number of nitrogens with one attached hydrogen (secondary N) is 2. The van der Waals surface area contributed by atoms with Crippen LogP contribution >= 0.6 is 0 Å². The highest BCUT2D eigenvalue weighted by atomic mass is 16.6. The third-order valence-corrected chi connectivity index (χ3v) is 6.39. The van der Waals surface area contributed by atoms with E-state index >= 15 is 0 Å². The Balaban J connectivity index is 2.58. The summed E-state index contributed by atoms with van der Waals surface area (Å²) in [5.41, 5.74) is 7.15. The summed E-state index contributed by atoms with van der Waals surface area (Å²) in [6.07, 6.45) is -0.995. The molecule has 0 aliphatic carbocycles. The van der Waals surface area contributed by atoms with Gasteiger partial charge in [0.1, 0.15) is 17.7 Å². The maximum Gasteiger partial charge on any atom is 0.408 e. The molecule has 0 saturated heterocycles. The predicted molar refractivity (Wildman–Crippen MR) is 155 cm³/mol. The van der Waals surface area contributed by atoms with E-state index in [9.17, 15) is 19.2 Å². The second-order valence-corrected chi connectivity index (χ2v) is 12.0. The Bertz CT molecular complexity index is 1200. The standard InChI is InChI=1S/C31H44N4O5/c1-20-13-12-16-23(21(20)2)26(27(37)33-19-22-14-10-9-11-15-22)35(30(3,4)5)28(38)24(17-18-25(32)36)34-29(39)40-31(6,7)8/h9-16,24,26H,17-19H2,1-8H3,(H2,32,36)(H,33,37)(H,34,39). The fraction of sp³-hybridized carbons (Fsp3) is 0.484. The molecule has 218 valence electrons. The molecule has 0 heterocycles. The largest absolute Gasteiger partial charge is 0.444 e. The number of hydrogen-bond donors (Lipinski definition) is 3. The summed E-state index contributed by atoms with van der Waals surface area (Å²) in [6.45, 7) is 14.7. The lowest BCUT2D eigenvalue weighted by Gasteiger charge is -2.43. The van der Waals surface area contributed by atoms with Gasteiger partial charge in [-0.3, -0.25) is 14.4 Å². The number of carbonyl (C=O) groups is 4. The van der Waals surface area contributed by atoms with E-state index in [0.717, 1.165) is 16.7 Å². The molecule has 0 aromatic heterocycles. The summed E-state index contributed by atoms with van der Waals surface area (Å²) >= 11 is 0. The van der Waals surface area contributed by atoms with Crippen molar-refractivity contribution < 1.29 is 23.9 Å². The number of nitrogens with two attached hydrogens (primary N) is 1. The summed E-state index contributed by atoms with van der Waals surface area (Å²) in [5, 5.41) is 5.61. The first-order valence-corrected chi connectivity index (χ1v) is 13.5. The van der Waals surface area contributed by atoms with Crippen LogP contribution in [0.5, 0.6) is 0 Å². The van der Waals surface area contributed by atoms with Crippen molar-refractivity contribution in [1.29, 1.82) is 0 Å². The van der Waals surface area contributed by atoms with Crippen LogP contribution in [0.25, 0.3) is 0 Å². The van der Waals surface area contributed by atoms with Gasteiger partial charge in [0.05, 0.1) is 0 Å². The molecule has 0 aliphatic heterocycles. The van der Waals surface area contributed by atoms with Gasteiger partial charge in [-0.2, -0.15) is 0 Å². The van der Waals surface area contributed by atoms with Crippen molar-refractivity contribution in [2.45, 2.75) is 98.0 Å². The molecule has 9 nitrogen and oxygen atoms in total. The Morgan fingerprint density at radius 1 is 0.925 bits per heavy atom. The number of rotatable bonds is 10. The summed E-state index contributed by atoms with van der Waals surface area (Å²) in [4.78, 5) is 54.2. The normalized spacial score (nSPS) is 13.1. The Morgan fingerprint density at radius 2 is 1.55 bits per heavy atom. The topological polar surface area (TPSA) is 131 Å². The molecule has 0 radical (unpaired) electrons. The second-order valence-electron chi connectivity index (χ2n) is 12.0. The molecule has 2 aromatic carbocycles. The van der Waals surface area contributed by atoms with Crippen LogP contribution in [0.3, 0.4) is 0 Å². The number of alkyl carbamates (subject to hydrolysis) is 1. The van der Waals surface area contributed by atoms with Gasteiger partial charge in [0.25, 0.3) is 0 Å². The number of amides is 4. The van der Waals surface area contributed by atoms with Crippen molar-refractivity contribution in [2.75, 3.05) is 0 Å². The molecule has 2 rings (SSSR count). The molecule has 0 bridgehead atoms. The molecular formula is C31H44N4O5. The average Bonchev–Trinajstić information content (AvgIpc) is 2.83. The number of carbonyl (C=O) groups excluding carboxylic acids is 4. The highest BCUT2D eigenvalue weighted by molar-refractivity contribution is 5.93. The first-order chi connectivity index (χ1) is 18.5. The zero-order valence-electron chi connectivity index (χ0n) is 25.0. The lowest BCUT2D eigenvalue weighted by molar-refractivity contribution is -0.148. The maximum atomic E-state index is 14.3. The van der Waals surface area contributed by atoms with Gasteiger partial charge in [-0.1, -0.05) is 48.5 Å².